The zero-order valence-corrected chi connectivity index (χ0v) is 15.3. The lowest BCUT2D eigenvalue weighted by molar-refractivity contribution is 0.0993. The van der Waals surface area contributed by atoms with Crippen molar-refractivity contribution in [2.24, 2.45) is 0 Å². The fourth-order valence-electron chi connectivity index (χ4n) is 3.14. The molecule has 0 aromatic carbocycles. The molecule has 0 bridgehead atoms. The molecule has 0 aliphatic heterocycles. The molecule has 0 aliphatic carbocycles. The molecule has 6 heteroatoms. The molecule has 6 nitrogen and oxygen atoms in total. The third-order valence-electron chi connectivity index (χ3n) is 4.61. The van der Waals surface area contributed by atoms with E-state index in [0.717, 1.165) is 34.5 Å². The number of aromatic nitrogens is 5. The van der Waals surface area contributed by atoms with Crippen LogP contribution >= 0.6 is 0 Å². The summed E-state index contributed by atoms with van der Waals surface area (Å²) in [5, 5.41) is 8.09. The van der Waals surface area contributed by atoms with Crippen LogP contribution < -0.4 is 0 Å². The van der Waals surface area contributed by atoms with Crippen molar-refractivity contribution in [1.82, 2.24) is 24.6 Å². The fraction of sp³-hybridized carbons (Fsp3) is 0.190. The number of ketones is 1. The zero-order valence-electron chi connectivity index (χ0n) is 15.3. The number of rotatable bonds is 5. The summed E-state index contributed by atoms with van der Waals surface area (Å²) in [5.41, 5.74) is 5.81. The second-order valence-electron chi connectivity index (χ2n) is 6.47. The summed E-state index contributed by atoms with van der Waals surface area (Å²) in [6.07, 6.45) is 8.16. The van der Waals surface area contributed by atoms with Crippen molar-refractivity contribution in [3.63, 3.8) is 0 Å². The third kappa shape index (κ3) is 3.33. The van der Waals surface area contributed by atoms with E-state index in [-0.39, 0.29) is 12.2 Å². The molecule has 0 saturated carbocycles. The molecule has 4 aromatic heterocycles. The highest BCUT2D eigenvalue weighted by atomic mass is 16.1. The van der Waals surface area contributed by atoms with Crippen LogP contribution in [0.25, 0.3) is 16.8 Å². The van der Waals surface area contributed by atoms with Crippen LogP contribution in [0.2, 0.25) is 0 Å². The Balaban J connectivity index is 1.77. The standard InChI is InChI=1S/C21H19N5O/c1-3-16-5-4-6-17(24-16)10-20(27)18-9-15(12-26-13-23-25-21(18)26)19-11-22-8-7-14(19)2/h4-9,11-13H,3,10H2,1-2H3. The molecule has 0 amide bonds. The monoisotopic (exact) mass is 357 g/mol. The van der Waals surface area contributed by atoms with Gasteiger partial charge in [0.15, 0.2) is 11.4 Å². The van der Waals surface area contributed by atoms with Crippen molar-refractivity contribution in [3.05, 3.63) is 77.8 Å². The molecule has 0 aliphatic rings. The van der Waals surface area contributed by atoms with Gasteiger partial charge < -0.3 is 0 Å². The van der Waals surface area contributed by atoms with Crippen molar-refractivity contribution in [3.8, 4) is 11.1 Å². The number of carbonyl (C=O) groups excluding carboxylic acids is 1. The molecule has 0 radical (unpaired) electrons. The molecular formula is C21H19N5O. The summed E-state index contributed by atoms with van der Waals surface area (Å²) in [7, 11) is 0. The number of pyridine rings is 3. The van der Waals surface area contributed by atoms with E-state index < -0.39 is 0 Å². The topological polar surface area (TPSA) is 73.0 Å². The van der Waals surface area contributed by atoms with Crippen LogP contribution in [0.3, 0.4) is 0 Å². The van der Waals surface area contributed by atoms with Gasteiger partial charge in [0, 0.05) is 41.1 Å². The maximum Gasteiger partial charge on any atom is 0.172 e. The van der Waals surface area contributed by atoms with Crippen LogP contribution in [0.5, 0.6) is 0 Å². The Labute approximate surface area is 156 Å². The van der Waals surface area contributed by atoms with Gasteiger partial charge in [0.25, 0.3) is 0 Å². The molecule has 4 aromatic rings. The first-order valence-corrected chi connectivity index (χ1v) is 8.88. The minimum atomic E-state index is -0.0304. The lowest BCUT2D eigenvalue weighted by Crippen LogP contribution is -2.09. The summed E-state index contributed by atoms with van der Waals surface area (Å²) in [5.74, 6) is -0.0304. The Morgan fingerprint density at radius 1 is 1.19 bits per heavy atom. The van der Waals surface area contributed by atoms with Crippen LogP contribution in [-0.4, -0.2) is 30.3 Å². The van der Waals surface area contributed by atoms with Crippen LogP contribution in [0.4, 0.5) is 0 Å². The van der Waals surface area contributed by atoms with E-state index in [1.807, 2.05) is 50.4 Å². The van der Waals surface area contributed by atoms with Gasteiger partial charge in [-0.2, -0.15) is 0 Å². The van der Waals surface area contributed by atoms with Gasteiger partial charge in [-0.25, -0.2) is 0 Å². The fourth-order valence-corrected chi connectivity index (χ4v) is 3.14. The molecule has 0 N–H and O–H groups in total. The van der Waals surface area contributed by atoms with E-state index in [1.54, 1.807) is 23.1 Å². The van der Waals surface area contributed by atoms with E-state index >= 15 is 0 Å². The lowest BCUT2D eigenvalue weighted by atomic mass is 10.00. The predicted molar refractivity (Wildman–Crippen MR) is 103 cm³/mol. The Hall–Kier alpha value is -3.41. The van der Waals surface area contributed by atoms with Gasteiger partial charge in [-0.05, 0) is 43.2 Å². The first-order chi connectivity index (χ1) is 13.2. The Bertz CT molecular complexity index is 1130. The van der Waals surface area contributed by atoms with Gasteiger partial charge in [0.05, 0.1) is 12.0 Å². The average molecular weight is 357 g/mol. The molecule has 0 spiro atoms. The predicted octanol–water partition coefficient (Wildman–Crippen LogP) is 3.48. The van der Waals surface area contributed by atoms with E-state index in [4.69, 9.17) is 0 Å². The number of aryl methyl sites for hydroxylation is 2. The van der Waals surface area contributed by atoms with Crippen LogP contribution in [0.1, 0.15) is 34.2 Å². The van der Waals surface area contributed by atoms with Crippen molar-refractivity contribution in [1.29, 1.82) is 0 Å². The highest BCUT2D eigenvalue weighted by Crippen LogP contribution is 2.25. The first kappa shape index (κ1) is 17.0. The molecule has 0 unspecified atom stereocenters. The van der Waals surface area contributed by atoms with Crippen molar-refractivity contribution < 1.29 is 4.79 Å². The van der Waals surface area contributed by atoms with Crippen molar-refractivity contribution >= 4 is 11.4 Å². The van der Waals surface area contributed by atoms with Gasteiger partial charge in [0.2, 0.25) is 0 Å². The SMILES string of the molecule is CCc1cccc(CC(=O)c2cc(-c3cnccc3C)cn3cnnc23)n1. The molecule has 27 heavy (non-hydrogen) atoms. The number of hydrogen-bond acceptors (Lipinski definition) is 5. The summed E-state index contributed by atoms with van der Waals surface area (Å²) in [6.45, 7) is 4.07. The number of Topliss-reactive ketones (excluding diaryl/α,β-unsaturated/α-hetero) is 1. The minimum Gasteiger partial charge on any atom is -0.294 e. The van der Waals surface area contributed by atoms with Gasteiger partial charge in [-0.1, -0.05) is 13.0 Å². The van der Waals surface area contributed by atoms with E-state index in [1.165, 1.54) is 0 Å². The first-order valence-electron chi connectivity index (χ1n) is 8.88. The Kier molecular flexibility index (Phi) is 4.46. The maximum absolute atomic E-state index is 13.1. The molecule has 0 fully saturated rings. The Morgan fingerprint density at radius 2 is 2.04 bits per heavy atom. The number of hydrogen-bond donors (Lipinski definition) is 0. The summed E-state index contributed by atoms with van der Waals surface area (Å²) in [4.78, 5) is 21.8. The third-order valence-corrected chi connectivity index (χ3v) is 4.61. The Morgan fingerprint density at radius 3 is 2.85 bits per heavy atom. The van der Waals surface area contributed by atoms with E-state index in [2.05, 4.69) is 20.2 Å². The second kappa shape index (κ2) is 7.07. The number of carbonyl (C=O) groups is 1. The van der Waals surface area contributed by atoms with E-state index in [0.29, 0.717) is 11.2 Å². The average Bonchev–Trinajstić information content (AvgIpc) is 3.16. The van der Waals surface area contributed by atoms with Crippen LogP contribution in [-0.2, 0) is 12.8 Å². The lowest BCUT2D eigenvalue weighted by Gasteiger charge is -2.09. The maximum atomic E-state index is 13.1. The quantitative estimate of drug-likeness (QED) is 0.511. The molecular weight excluding hydrogens is 338 g/mol. The smallest absolute Gasteiger partial charge is 0.172 e. The minimum absolute atomic E-state index is 0.0304. The van der Waals surface area contributed by atoms with Gasteiger partial charge in [-0.15, -0.1) is 10.2 Å². The molecule has 134 valence electrons. The number of fused-ring (bicyclic) bond motifs is 1. The van der Waals surface area contributed by atoms with E-state index in [9.17, 15) is 4.79 Å². The van der Waals surface area contributed by atoms with Gasteiger partial charge >= 0.3 is 0 Å². The second-order valence-corrected chi connectivity index (χ2v) is 6.47. The highest BCUT2D eigenvalue weighted by Gasteiger charge is 2.17. The summed E-state index contributed by atoms with van der Waals surface area (Å²) >= 11 is 0. The highest BCUT2D eigenvalue weighted by molar-refractivity contribution is 6.03. The molecule has 4 rings (SSSR count). The molecule has 0 saturated heterocycles. The number of nitrogens with zero attached hydrogens (tertiary/aromatic N) is 5. The largest absolute Gasteiger partial charge is 0.294 e. The van der Waals surface area contributed by atoms with Crippen molar-refractivity contribution in [2.75, 3.05) is 0 Å². The molecule has 4 heterocycles. The van der Waals surface area contributed by atoms with Gasteiger partial charge in [-0.3, -0.25) is 19.2 Å². The molecule has 0 atom stereocenters. The van der Waals surface area contributed by atoms with Crippen molar-refractivity contribution in [2.45, 2.75) is 26.7 Å². The van der Waals surface area contributed by atoms with Crippen LogP contribution in [0.15, 0.2) is 55.2 Å². The summed E-state index contributed by atoms with van der Waals surface area (Å²) in [6, 6.07) is 9.62. The zero-order chi connectivity index (χ0) is 18.8. The normalized spacial score (nSPS) is 11.0. The van der Waals surface area contributed by atoms with Crippen LogP contribution in [0, 0.1) is 6.92 Å². The van der Waals surface area contributed by atoms with Gasteiger partial charge in [0.1, 0.15) is 6.33 Å². The summed E-state index contributed by atoms with van der Waals surface area (Å²) < 4.78 is 1.78.